The number of rotatable bonds is 0. The summed E-state index contributed by atoms with van der Waals surface area (Å²) in [5, 5.41) is 8.86. The number of aromatic amines is 1. The molecule has 0 fully saturated rings. The molecule has 0 radical (unpaired) electrons. The predicted octanol–water partition coefficient (Wildman–Crippen LogP) is 3.55. The van der Waals surface area contributed by atoms with Crippen molar-refractivity contribution in [3.05, 3.63) is 58.9 Å². The molecule has 3 aromatic carbocycles. The van der Waals surface area contributed by atoms with Crippen LogP contribution in [0.25, 0.3) is 43.6 Å². The Morgan fingerprint density at radius 1 is 0.933 bits per heavy atom. The molecule has 30 heavy (non-hydrogen) atoms. The number of benzene rings is 3. The molecule has 6 nitrogen and oxygen atoms in total. The highest BCUT2D eigenvalue weighted by atomic mass is 19.1. The Morgan fingerprint density at radius 3 is 2.63 bits per heavy atom. The Labute approximate surface area is 168 Å². The van der Waals surface area contributed by atoms with Gasteiger partial charge in [-0.15, -0.1) is 0 Å². The first-order valence-corrected chi connectivity index (χ1v) is 9.90. The largest absolute Gasteiger partial charge is 0.353 e. The second-order valence-electron chi connectivity index (χ2n) is 7.96. The lowest BCUT2D eigenvalue weighted by molar-refractivity contribution is 0.0880. The van der Waals surface area contributed by atoms with Crippen LogP contribution in [0.1, 0.15) is 26.3 Å². The minimum absolute atomic E-state index is 0.332. The van der Waals surface area contributed by atoms with Gasteiger partial charge < -0.3 is 14.9 Å². The molecule has 4 heterocycles. The van der Waals surface area contributed by atoms with Crippen molar-refractivity contribution in [2.75, 3.05) is 6.54 Å². The van der Waals surface area contributed by atoms with Gasteiger partial charge in [0, 0.05) is 46.7 Å². The maximum atomic E-state index is 14.1. The fourth-order valence-corrected chi connectivity index (χ4v) is 5.31. The third-order valence-electron chi connectivity index (χ3n) is 6.42. The van der Waals surface area contributed by atoms with Crippen LogP contribution >= 0.6 is 0 Å². The summed E-state index contributed by atoms with van der Waals surface area (Å²) < 4.78 is 16.3. The van der Waals surface area contributed by atoms with E-state index in [1.165, 1.54) is 12.1 Å². The van der Waals surface area contributed by atoms with Gasteiger partial charge in [-0.3, -0.25) is 14.9 Å². The number of aromatic nitrogens is 2. The van der Waals surface area contributed by atoms with Gasteiger partial charge in [-0.25, -0.2) is 4.39 Å². The lowest BCUT2D eigenvalue weighted by Crippen LogP contribution is -2.20. The molecular weight excluding hydrogens is 383 g/mol. The Morgan fingerprint density at radius 2 is 1.77 bits per heavy atom. The van der Waals surface area contributed by atoms with Gasteiger partial charge in [-0.05, 0) is 23.8 Å². The number of carbonyl (C=O) groups excluding carboxylic acids is 2. The predicted molar refractivity (Wildman–Crippen MR) is 112 cm³/mol. The van der Waals surface area contributed by atoms with Crippen LogP contribution < -0.4 is 10.6 Å². The number of amides is 2. The SMILES string of the molecule is O=C1NC(=O)c2c1c1c3cc(F)ccc3[nH]c1c1c2c2cccc3c2n1CCNC3. The molecule has 0 unspecified atom stereocenters. The fourth-order valence-electron chi connectivity index (χ4n) is 5.31. The standard InChI is InChI=1S/C23H15FN4O2/c24-11-4-5-14-13(8-11)15-17-18(23(30)27-22(17)29)16-12-3-1-2-10-9-25-6-7-28(20(10)12)21(16)19(15)26-14/h1-5,8,25-26H,6-7,9H2,(H,27,29,30). The quantitative estimate of drug-likeness (QED) is 0.349. The molecule has 146 valence electrons. The van der Waals surface area contributed by atoms with Crippen LogP contribution in [-0.2, 0) is 13.1 Å². The van der Waals surface area contributed by atoms with E-state index in [0.717, 1.165) is 58.0 Å². The summed E-state index contributed by atoms with van der Waals surface area (Å²) in [4.78, 5) is 29.2. The molecule has 5 aromatic rings. The first-order chi connectivity index (χ1) is 14.6. The summed E-state index contributed by atoms with van der Waals surface area (Å²) in [6, 6.07) is 10.6. The Balaban J connectivity index is 1.86. The van der Waals surface area contributed by atoms with Crippen LogP contribution in [0.3, 0.4) is 0 Å². The maximum Gasteiger partial charge on any atom is 0.259 e. The number of fused-ring (bicyclic) bond motifs is 10. The number of H-pyrrole nitrogens is 1. The van der Waals surface area contributed by atoms with Crippen molar-refractivity contribution >= 4 is 55.4 Å². The summed E-state index contributed by atoms with van der Waals surface area (Å²) >= 11 is 0. The van der Waals surface area contributed by atoms with E-state index in [9.17, 15) is 14.0 Å². The number of carbonyl (C=O) groups is 2. The smallest absolute Gasteiger partial charge is 0.259 e. The van der Waals surface area contributed by atoms with E-state index in [1.807, 2.05) is 12.1 Å². The zero-order valence-corrected chi connectivity index (χ0v) is 15.7. The van der Waals surface area contributed by atoms with Crippen molar-refractivity contribution in [1.82, 2.24) is 20.2 Å². The lowest BCUT2D eigenvalue weighted by atomic mass is 9.96. The van der Waals surface area contributed by atoms with Gasteiger partial charge in [0.15, 0.2) is 0 Å². The van der Waals surface area contributed by atoms with Crippen LogP contribution in [0.5, 0.6) is 0 Å². The second-order valence-corrected chi connectivity index (χ2v) is 7.96. The lowest BCUT2D eigenvalue weighted by Gasteiger charge is -2.08. The van der Waals surface area contributed by atoms with Gasteiger partial charge in [0.1, 0.15) is 5.82 Å². The normalized spacial score (nSPS) is 16.0. The van der Waals surface area contributed by atoms with Gasteiger partial charge >= 0.3 is 0 Å². The Hall–Kier alpha value is -3.71. The number of hydrogen-bond acceptors (Lipinski definition) is 3. The summed E-state index contributed by atoms with van der Waals surface area (Å²) in [7, 11) is 0. The fraction of sp³-hybridized carbons (Fsp3) is 0.130. The molecule has 0 spiro atoms. The molecule has 0 bridgehead atoms. The van der Waals surface area contributed by atoms with E-state index in [2.05, 4.69) is 26.3 Å². The zero-order chi connectivity index (χ0) is 20.1. The van der Waals surface area contributed by atoms with Crippen LogP contribution in [0.2, 0.25) is 0 Å². The van der Waals surface area contributed by atoms with Crippen LogP contribution in [-0.4, -0.2) is 27.9 Å². The molecule has 0 saturated heterocycles. The van der Waals surface area contributed by atoms with Gasteiger partial charge in [-0.2, -0.15) is 0 Å². The zero-order valence-electron chi connectivity index (χ0n) is 15.7. The van der Waals surface area contributed by atoms with E-state index >= 15 is 0 Å². The number of halogens is 1. The minimum Gasteiger partial charge on any atom is -0.353 e. The topological polar surface area (TPSA) is 78.9 Å². The van der Waals surface area contributed by atoms with E-state index in [0.29, 0.717) is 21.9 Å². The molecule has 2 aliphatic rings. The monoisotopic (exact) mass is 398 g/mol. The van der Waals surface area contributed by atoms with Crippen LogP contribution in [0.15, 0.2) is 36.4 Å². The van der Waals surface area contributed by atoms with Crippen molar-refractivity contribution in [2.24, 2.45) is 0 Å². The molecule has 2 aliphatic heterocycles. The van der Waals surface area contributed by atoms with Crippen molar-refractivity contribution in [2.45, 2.75) is 13.1 Å². The number of para-hydroxylation sites is 1. The van der Waals surface area contributed by atoms with Crippen molar-refractivity contribution in [1.29, 1.82) is 0 Å². The summed E-state index contributed by atoms with van der Waals surface area (Å²) in [6.07, 6.45) is 0. The Bertz CT molecular complexity index is 1630. The van der Waals surface area contributed by atoms with Gasteiger partial charge in [0.2, 0.25) is 0 Å². The number of hydrogen-bond donors (Lipinski definition) is 3. The summed E-state index contributed by atoms with van der Waals surface area (Å²) in [5.41, 5.74) is 5.33. The summed E-state index contributed by atoms with van der Waals surface area (Å²) in [6.45, 7) is 2.25. The van der Waals surface area contributed by atoms with Gasteiger partial charge in [-0.1, -0.05) is 18.2 Å². The number of nitrogens with zero attached hydrogens (tertiary/aromatic N) is 1. The molecule has 7 rings (SSSR count). The maximum absolute atomic E-state index is 14.1. The average molecular weight is 398 g/mol. The van der Waals surface area contributed by atoms with E-state index in [1.54, 1.807) is 6.07 Å². The molecule has 0 aliphatic carbocycles. The average Bonchev–Trinajstić information content (AvgIpc) is 3.28. The number of imide groups is 1. The van der Waals surface area contributed by atoms with Crippen molar-refractivity contribution < 1.29 is 14.0 Å². The first-order valence-electron chi connectivity index (χ1n) is 9.90. The van der Waals surface area contributed by atoms with E-state index in [-0.39, 0.29) is 5.82 Å². The molecule has 0 atom stereocenters. The third kappa shape index (κ3) is 1.77. The summed E-state index contributed by atoms with van der Waals surface area (Å²) in [5.74, 6) is -1.21. The van der Waals surface area contributed by atoms with Crippen LogP contribution in [0.4, 0.5) is 4.39 Å². The molecule has 2 aromatic heterocycles. The van der Waals surface area contributed by atoms with E-state index in [4.69, 9.17) is 0 Å². The number of nitrogens with one attached hydrogen (secondary N) is 3. The molecule has 2 amide bonds. The van der Waals surface area contributed by atoms with Crippen molar-refractivity contribution in [3.8, 4) is 0 Å². The first kappa shape index (κ1) is 16.1. The van der Waals surface area contributed by atoms with E-state index < -0.39 is 11.8 Å². The van der Waals surface area contributed by atoms with Crippen LogP contribution in [0, 0.1) is 5.82 Å². The highest BCUT2D eigenvalue weighted by Crippen LogP contribution is 2.44. The third-order valence-corrected chi connectivity index (χ3v) is 6.42. The molecule has 0 saturated carbocycles. The van der Waals surface area contributed by atoms with Gasteiger partial charge in [0.05, 0.1) is 27.7 Å². The van der Waals surface area contributed by atoms with Crippen molar-refractivity contribution in [3.63, 3.8) is 0 Å². The molecular formula is C23H15FN4O2. The molecule has 7 heteroatoms. The second kappa shape index (κ2) is 5.25. The Kier molecular flexibility index (Phi) is 2.82. The molecule has 3 N–H and O–H groups in total. The van der Waals surface area contributed by atoms with Gasteiger partial charge in [0.25, 0.3) is 11.8 Å². The highest BCUT2D eigenvalue weighted by Gasteiger charge is 2.36. The minimum atomic E-state index is -0.433. The highest BCUT2D eigenvalue weighted by molar-refractivity contribution is 6.39.